The zero-order valence-corrected chi connectivity index (χ0v) is 18.4. The third kappa shape index (κ3) is 5.05. The first kappa shape index (κ1) is 21.8. The van der Waals surface area contributed by atoms with Crippen molar-refractivity contribution in [3.8, 4) is 17.1 Å². The van der Waals surface area contributed by atoms with E-state index in [-0.39, 0.29) is 12.4 Å². The van der Waals surface area contributed by atoms with Crippen molar-refractivity contribution in [2.45, 2.75) is 37.4 Å². The second kappa shape index (κ2) is 10.2. The highest BCUT2D eigenvalue weighted by molar-refractivity contribution is 7.98. The minimum Gasteiger partial charge on any atom is -0.483 e. The average molecular weight is 452 g/mol. The third-order valence-electron chi connectivity index (χ3n) is 4.71. The molecule has 0 aliphatic heterocycles. The minimum atomic E-state index is -0.423. The highest BCUT2D eigenvalue weighted by Crippen LogP contribution is 2.24. The number of para-hydroxylation sites is 1. The second-order valence-electron chi connectivity index (χ2n) is 6.87. The van der Waals surface area contributed by atoms with Crippen LogP contribution in [0, 0.1) is 5.82 Å². The molecule has 0 N–H and O–H groups in total. The van der Waals surface area contributed by atoms with Gasteiger partial charge in [-0.25, -0.2) is 4.39 Å². The first-order valence-electron chi connectivity index (χ1n) is 10.1. The summed E-state index contributed by atoms with van der Waals surface area (Å²) in [4.78, 5) is 4.48. The molecule has 9 heteroatoms. The maximum absolute atomic E-state index is 13.8. The normalized spacial score (nSPS) is 10.9. The molecule has 0 aliphatic rings. The van der Waals surface area contributed by atoms with Gasteiger partial charge in [0.05, 0.1) is 5.75 Å². The molecule has 7 nitrogen and oxygen atoms in total. The number of hydrogen-bond acceptors (Lipinski definition) is 7. The number of aromatic nitrogens is 5. The molecule has 2 heterocycles. The van der Waals surface area contributed by atoms with Gasteiger partial charge >= 0.3 is 0 Å². The van der Waals surface area contributed by atoms with Gasteiger partial charge < -0.3 is 9.26 Å². The standard InChI is InChI=1S/C23H22FN5O2S/c1-3-13-29-20(14-30-19-8-6-5-7-18(19)24)26-27-23(29)32-15-21-25-22(28-31-21)17-11-9-16(4-2)10-12-17/h3,5-12H,1,4,13-15H2,2H3. The van der Waals surface area contributed by atoms with E-state index in [0.717, 1.165) is 12.0 Å². The van der Waals surface area contributed by atoms with Gasteiger partial charge in [0.2, 0.25) is 11.7 Å². The monoisotopic (exact) mass is 451 g/mol. The smallest absolute Gasteiger partial charge is 0.237 e. The molecular weight excluding hydrogens is 429 g/mol. The number of aryl methyl sites for hydroxylation is 1. The molecule has 0 amide bonds. The lowest BCUT2D eigenvalue weighted by Crippen LogP contribution is -2.08. The highest BCUT2D eigenvalue weighted by atomic mass is 32.2. The molecule has 0 unspecified atom stereocenters. The van der Waals surface area contributed by atoms with Gasteiger partial charge in [0.15, 0.2) is 22.5 Å². The van der Waals surface area contributed by atoms with Gasteiger partial charge in [-0.1, -0.05) is 66.3 Å². The van der Waals surface area contributed by atoms with Gasteiger partial charge in [-0.2, -0.15) is 4.98 Å². The molecule has 2 aromatic carbocycles. The second-order valence-corrected chi connectivity index (χ2v) is 7.81. The lowest BCUT2D eigenvalue weighted by molar-refractivity contribution is 0.275. The molecule has 2 aromatic heterocycles. The topological polar surface area (TPSA) is 78.9 Å². The highest BCUT2D eigenvalue weighted by Gasteiger charge is 2.16. The SMILES string of the molecule is C=CCn1c(COc2ccccc2F)nnc1SCc1nc(-c2ccc(CC)cc2)no1. The fourth-order valence-corrected chi connectivity index (χ4v) is 3.80. The summed E-state index contributed by atoms with van der Waals surface area (Å²) in [7, 11) is 0. The van der Waals surface area contributed by atoms with E-state index in [1.165, 1.54) is 23.4 Å². The molecule has 0 fully saturated rings. The van der Waals surface area contributed by atoms with Crippen molar-refractivity contribution in [3.05, 3.63) is 84.3 Å². The Hall–Kier alpha value is -3.46. The first-order chi connectivity index (χ1) is 15.7. The van der Waals surface area contributed by atoms with Crippen molar-refractivity contribution in [2.24, 2.45) is 0 Å². The van der Waals surface area contributed by atoms with Gasteiger partial charge in [-0.3, -0.25) is 4.57 Å². The fraction of sp³-hybridized carbons (Fsp3) is 0.217. The lowest BCUT2D eigenvalue weighted by atomic mass is 10.1. The Morgan fingerprint density at radius 1 is 1.16 bits per heavy atom. The largest absolute Gasteiger partial charge is 0.483 e. The molecule has 0 radical (unpaired) electrons. The van der Waals surface area contributed by atoms with Gasteiger partial charge in [-0.05, 0) is 24.1 Å². The fourth-order valence-electron chi connectivity index (χ4n) is 3.00. The summed E-state index contributed by atoms with van der Waals surface area (Å²) in [6.45, 7) is 6.48. The minimum absolute atomic E-state index is 0.0841. The van der Waals surface area contributed by atoms with Crippen LogP contribution in [0.4, 0.5) is 4.39 Å². The predicted octanol–water partition coefficient (Wildman–Crippen LogP) is 5.09. The molecule has 4 aromatic rings. The number of allylic oxidation sites excluding steroid dienone is 1. The van der Waals surface area contributed by atoms with Gasteiger partial charge in [0.1, 0.15) is 6.61 Å². The van der Waals surface area contributed by atoms with Crippen LogP contribution in [0.25, 0.3) is 11.4 Å². The summed E-state index contributed by atoms with van der Waals surface area (Å²) in [5, 5.41) is 13.2. The van der Waals surface area contributed by atoms with E-state index in [1.807, 2.05) is 16.7 Å². The van der Waals surface area contributed by atoms with E-state index in [4.69, 9.17) is 9.26 Å². The molecule has 32 heavy (non-hydrogen) atoms. The average Bonchev–Trinajstić information content (AvgIpc) is 3.45. The number of halogens is 1. The number of benzene rings is 2. The summed E-state index contributed by atoms with van der Waals surface area (Å²) in [5.74, 6) is 1.78. The Morgan fingerprint density at radius 2 is 1.97 bits per heavy atom. The van der Waals surface area contributed by atoms with E-state index in [1.54, 1.807) is 24.3 Å². The summed E-state index contributed by atoms with van der Waals surface area (Å²) >= 11 is 1.42. The number of nitrogens with zero attached hydrogens (tertiary/aromatic N) is 5. The van der Waals surface area contributed by atoms with Crippen LogP contribution >= 0.6 is 11.8 Å². The van der Waals surface area contributed by atoms with Crippen LogP contribution in [-0.4, -0.2) is 24.9 Å². The Labute approximate surface area is 189 Å². The number of thioether (sulfide) groups is 1. The summed E-state index contributed by atoms with van der Waals surface area (Å²) in [6, 6.07) is 14.3. The van der Waals surface area contributed by atoms with Crippen molar-refractivity contribution in [1.82, 2.24) is 24.9 Å². The molecule has 0 aliphatic carbocycles. The third-order valence-corrected chi connectivity index (χ3v) is 5.66. The Balaban J connectivity index is 1.42. The maximum atomic E-state index is 13.8. The zero-order chi connectivity index (χ0) is 22.3. The molecule has 4 rings (SSSR count). The summed E-state index contributed by atoms with van der Waals surface area (Å²) in [5.41, 5.74) is 2.16. The van der Waals surface area contributed by atoms with Crippen molar-refractivity contribution < 1.29 is 13.7 Å². The van der Waals surface area contributed by atoms with Crippen LogP contribution < -0.4 is 4.74 Å². The molecule has 0 saturated carbocycles. The molecule has 164 valence electrons. The number of hydrogen-bond donors (Lipinski definition) is 0. The Kier molecular flexibility index (Phi) is 6.96. The number of rotatable bonds is 10. The van der Waals surface area contributed by atoms with Gasteiger partial charge in [0.25, 0.3) is 0 Å². The maximum Gasteiger partial charge on any atom is 0.237 e. The lowest BCUT2D eigenvalue weighted by Gasteiger charge is -2.09. The van der Waals surface area contributed by atoms with E-state index >= 15 is 0 Å². The van der Waals surface area contributed by atoms with Crippen molar-refractivity contribution >= 4 is 11.8 Å². The molecule has 0 spiro atoms. The molecule has 0 atom stereocenters. The van der Waals surface area contributed by atoms with Crippen molar-refractivity contribution in [2.75, 3.05) is 0 Å². The van der Waals surface area contributed by atoms with Crippen LogP contribution in [-0.2, 0) is 25.3 Å². The molecule has 0 bridgehead atoms. The van der Waals surface area contributed by atoms with Gasteiger partial charge in [0, 0.05) is 12.1 Å². The zero-order valence-electron chi connectivity index (χ0n) is 17.6. The van der Waals surface area contributed by atoms with E-state index < -0.39 is 5.82 Å². The van der Waals surface area contributed by atoms with Gasteiger partial charge in [-0.15, -0.1) is 16.8 Å². The van der Waals surface area contributed by atoms with Crippen molar-refractivity contribution in [3.63, 3.8) is 0 Å². The predicted molar refractivity (Wildman–Crippen MR) is 120 cm³/mol. The van der Waals surface area contributed by atoms with Crippen molar-refractivity contribution in [1.29, 1.82) is 0 Å². The van der Waals surface area contributed by atoms with Crippen LogP contribution in [0.3, 0.4) is 0 Å². The van der Waals surface area contributed by atoms with E-state index in [9.17, 15) is 4.39 Å². The summed E-state index contributed by atoms with van der Waals surface area (Å²) in [6.07, 6.45) is 2.72. The Bertz CT molecular complexity index is 1190. The quantitative estimate of drug-likeness (QED) is 0.245. The molecule has 0 saturated heterocycles. The van der Waals surface area contributed by atoms with Crippen LogP contribution in [0.15, 0.2) is 70.9 Å². The molecular formula is C23H22FN5O2S. The van der Waals surface area contributed by atoms with E-state index in [0.29, 0.717) is 35.0 Å². The van der Waals surface area contributed by atoms with E-state index in [2.05, 4.69) is 46.0 Å². The number of ether oxygens (including phenoxy) is 1. The first-order valence-corrected chi connectivity index (χ1v) is 11.1. The van der Waals surface area contributed by atoms with Crippen LogP contribution in [0.1, 0.15) is 24.2 Å². The summed E-state index contributed by atoms with van der Waals surface area (Å²) < 4.78 is 26.6. The van der Waals surface area contributed by atoms with Crippen LogP contribution in [0.5, 0.6) is 5.75 Å². The van der Waals surface area contributed by atoms with Crippen LogP contribution in [0.2, 0.25) is 0 Å². The Morgan fingerprint density at radius 3 is 2.72 bits per heavy atom.